The molecule has 3 aliphatic heterocycles. The van der Waals surface area contributed by atoms with Gasteiger partial charge in [-0.25, -0.2) is 0 Å². The summed E-state index contributed by atoms with van der Waals surface area (Å²) in [6.07, 6.45) is 21.1. The van der Waals surface area contributed by atoms with Gasteiger partial charge in [0.2, 0.25) is 0 Å². The molecule has 15 atom stereocenters. The van der Waals surface area contributed by atoms with Crippen molar-refractivity contribution in [1.82, 2.24) is 19.9 Å². The number of hydrogen-bond acceptors (Lipinski definition) is 8. The molecule has 11 heteroatoms. The van der Waals surface area contributed by atoms with Crippen molar-refractivity contribution in [1.29, 1.82) is 0 Å². The number of aromatic nitrogens is 3. The van der Waals surface area contributed by atoms with Gasteiger partial charge in [0.15, 0.2) is 5.78 Å². The number of aryl methyl sites for hydroxylation is 1. The Labute approximate surface area is 475 Å². The van der Waals surface area contributed by atoms with Gasteiger partial charge in [-0.05, 0) is 208 Å². The number of aliphatic hydroxyl groups excluding tert-OH is 3. The molecule has 3 aromatic heterocycles. The highest BCUT2D eigenvalue weighted by molar-refractivity contribution is 6.02. The second kappa shape index (κ2) is 18.8. The number of carbonyl (C=O) groups excluding carboxylic acids is 2. The van der Waals surface area contributed by atoms with Crippen molar-refractivity contribution in [3.63, 3.8) is 0 Å². The quantitative estimate of drug-likeness (QED) is 0.0763. The molecule has 1 spiro atoms. The first-order valence-electron chi connectivity index (χ1n) is 32.0. The highest BCUT2D eigenvalue weighted by Gasteiger charge is 2.80. The maximum atomic E-state index is 16.0. The van der Waals surface area contributed by atoms with Crippen LogP contribution in [-0.4, -0.2) is 98.7 Å². The van der Waals surface area contributed by atoms with E-state index in [0.29, 0.717) is 62.2 Å². The SMILES string of the molecule is CNCC[C@]1(C)C(=O)[C@@H]2c3cc[nH]c3[C@@H]3CC[C@]2(C3)[C@@]2(C)[C@H]3[C@H](O)[C@@H]4Cn5cc([C@H](CCO)c6cc(C7CCCCC7)cc(C7CCOCC7)c6)c6[nH]cc(c65)CC[C@@](C)(C[C@@H](O)[C@H]5OC5(C)C)C5=C4[C@](C)(CC5=O)[C@@]3(C)CC[C@H]21. The molecule has 80 heavy (non-hydrogen) atoms. The predicted molar refractivity (Wildman–Crippen MR) is 312 cm³/mol. The number of fused-ring (bicyclic) bond motifs is 8. The van der Waals surface area contributed by atoms with Gasteiger partial charge in [-0.3, -0.25) is 9.59 Å². The molecule has 11 nitrogen and oxygen atoms in total. The minimum absolute atomic E-state index is 0.0439. The first-order chi connectivity index (χ1) is 38.3. The van der Waals surface area contributed by atoms with Crippen molar-refractivity contribution in [2.45, 2.75) is 224 Å². The van der Waals surface area contributed by atoms with Gasteiger partial charge < -0.3 is 44.6 Å². The van der Waals surface area contributed by atoms with Gasteiger partial charge in [-0.1, -0.05) is 72.1 Å². The molecule has 2 saturated heterocycles. The van der Waals surface area contributed by atoms with Crippen LogP contribution in [0.4, 0.5) is 0 Å². The van der Waals surface area contributed by atoms with Crippen molar-refractivity contribution in [3.8, 4) is 0 Å². The number of nitrogens with one attached hydrogen (secondary N) is 3. The number of epoxide rings is 1. The molecule has 14 rings (SSSR count). The summed E-state index contributed by atoms with van der Waals surface area (Å²) < 4.78 is 14.6. The topological polar surface area (TPSA) is 165 Å². The number of benzene rings is 1. The molecule has 7 aliphatic carbocycles. The minimum Gasteiger partial charge on any atom is -0.396 e. The maximum absolute atomic E-state index is 16.0. The number of carbonyl (C=O) groups is 2. The number of allylic oxidation sites excluding steroid dienone is 1. The van der Waals surface area contributed by atoms with Gasteiger partial charge in [-0.2, -0.15) is 0 Å². The molecule has 0 radical (unpaired) electrons. The minimum atomic E-state index is -0.828. The van der Waals surface area contributed by atoms with E-state index < -0.39 is 50.8 Å². The van der Waals surface area contributed by atoms with Crippen LogP contribution in [-0.2, 0) is 32.0 Å². The lowest BCUT2D eigenvalue weighted by Gasteiger charge is -2.76. The number of hydrogen-bond donors (Lipinski definition) is 6. The van der Waals surface area contributed by atoms with Crippen molar-refractivity contribution in [2.24, 2.45) is 50.2 Å². The third-order valence-corrected chi connectivity index (χ3v) is 26.0. The van der Waals surface area contributed by atoms with E-state index in [1.807, 2.05) is 20.9 Å². The van der Waals surface area contributed by atoms with Crippen LogP contribution in [0.5, 0.6) is 0 Å². The highest BCUT2D eigenvalue weighted by Crippen LogP contribution is 2.83. The molecule has 6 heterocycles. The summed E-state index contributed by atoms with van der Waals surface area (Å²) in [7, 11) is 2.01. The second-order valence-corrected chi connectivity index (χ2v) is 30.1. The number of Topliss-reactive ketones (excluding diaryl/α,β-unsaturated/α-hetero) is 2. The largest absolute Gasteiger partial charge is 0.396 e. The van der Waals surface area contributed by atoms with Crippen LogP contribution in [0, 0.1) is 50.2 Å². The average Bonchev–Trinajstić information content (AvgIpc) is 3.70. The van der Waals surface area contributed by atoms with E-state index in [1.165, 1.54) is 71.2 Å². The van der Waals surface area contributed by atoms with Crippen molar-refractivity contribution >= 4 is 22.6 Å². The standard InChI is InChI=1S/C69H94N4O7/c1-63(2)62(80-63)51(76)34-64(3)21-14-42-36-72-57-48(46(18-27-74)45-31-43(39-12-10-9-11-13-39)30-44(32-45)40-19-28-79-29-20-40)37-73(58(42)57)38-49-53-55(64)50(75)35-67(53,6)66(5)22-16-52-65(4,24-26-70-8)61(78)54-47-17-25-71-56(47)41-15-23-69(54,33-41)68(52,7)60(66)59(49)77/h17,25,30-32,36-37,39-41,46,49,51-52,54,59-60,62,70-72,74,76-77H,9-16,18-24,26-29,33-35,38H2,1-8H3/t41-,46-,49-,51-,52+,54+,59-,60+,62-,64+,65+,66+,67+,68-,69-/m1/s1. The molecule has 4 aromatic rings. The summed E-state index contributed by atoms with van der Waals surface area (Å²) in [5, 5.41) is 41.7. The molecular weight excluding hydrogens is 997 g/mol. The first kappa shape index (κ1) is 54.1. The molecule has 432 valence electrons. The summed E-state index contributed by atoms with van der Waals surface area (Å²) in [5.74, 6) is 0.941. The van der Waals surface area contributed by atoms with Crippen LogP contribution in [0.15, 0.2) is 54.0 Å². The fourth-order valence-electron chi connectivity index (χ4n) is 22.1. The molecule has 2 bridgehead atoms. The van der Waals surface area contributed by atoms with Crippen molar-refractivity contribution in [3.05, 3.63) is 93.1 Å². The summed E-state index contributed by atoms with van der Waals surface area (Å²) in [6, 6.07) is 9.74. The predicted octanol–water partition coefficient (Wildman–Crippen LogP) is 12.2. The van der Waals surface area contributed by atoms with Gasteiger partial charge in [-0.15, -0.1) is 0 Å². The monoisotopic (exact) mass is 1090 g/mol. The van der Waals surface area contributed by atoms with E-state index in [1.54, 1.807) is 0 Å². The van der Waals surface area contributed by atoms with E-state index >= 15 is 9.59 Å². The molecule has 7 fully saturated rings. The van der Waals surface area contributed by atoms with Crippen LogP contribution in [0.25, 0.3) is 11.0 Å². The van der Waals surface area contributed by atoms with Gasteiger partial charge >= 0.3 is 0 Å². The zero-order valence-corrected chi connectivity index (χ0v) is 49.6. The lowest BCUT2D eigenvalue weighted by atomic mass is 9.28. The number of ketones is 2. The third kappa shape index (κ3) is 7.43. The number of rotatable bonds is 12. The third-order valence-electron chi connectivity index (χ3n) is 26.0. The molecule has 1 aromatic carbocycles. The first-order valence-corrected chi connectivity index (χ1v) is 32.0. The Balaban J connectivity index is 0.965. The number of nitrogens with zero attached hydrogens (tertiary/aromatic N) is 1. The highest BCUT2D eigenvalue weighted by atomic mass is 16.6. The lowest BCUT2D eigenvalue weighted by Crippen LogP contribution is -2.74. The number of H-pyrrole nitrogens is 2. The molecular formula is C69H94N4O7. The summed E-state index contributed by atoms with van der Waals surface area (Å²) in [4.78, 5) is 39.5. The lowest BCUT2D eigenvalue weighted by molar-refractivity contribution is -0.267. The van der Waals surface area contributed by atoms with Crippen LogP contribution < -0.4 is 5.32 Å². The van der Waals surface area contributed by atoms with E-state index in [-0.39, 0.29) is 47.6 Å². The Morgan fingerprint density at radius 1 is 0.887 bits per heavy atom. The Bertz CT molecular complexity index is 3110. The van der Waals surface area contributed by atoms with Gasteiger partial charge in [0.25, 0.3) is 0 Å². The van der Waals surface area contributed by atoms with Crippen LogP contribution >= 0.6 is 0 Å². The van der Waals surface area contributed by atoms with Crippen molar-refractivity contribution < 1.29 is 34.4 Å². The summed E-state index contributed by atoms with van der Waals surface area (Å²) in [5.41, 5.74) is 9.52. The summed E-state index contributed by atoms with van der Waals surface area (Å²) in [6.45, 7) is 19.0. The normalized spacial score (nSPS) is 40.1. The van der Waals surface area contributed by atoms with Crippen LogP contribution in [0.3, 0.4) is 0 Å². The Kier molecular flexibility index (Phi) is 12.7. The van der Waals surface area contributed by atoms with E-state index in [0.717, 1.165) is 93.3 Å². The van der Waals surface area contributed by atoms with Gasteiger partial charge in [0.1, 0.15) is 11.9 Å². The van der Waals surface area contributed by atoms with E-state index in [9.17, 15) is 15.3 Å². The number of aliphatic hydroxyl groups is 3. The second-order valence-electron chi connectivity index (χ2n) is 30.1. The van der Waals surface area contributed by atoms with Crippen LogP contribution in [0.1, 0.15) is 226 Å². The fraction of sp³-hybridized carbons (Fsp3) is 0.710. The number of ether oxygens (including phenoxy) is 2. The van der Waals surface area contributed by atoms with Crippen molar-refractivity contribution in [2.75, 3.05) is 33.4 Å². The van der Waals surface area contributed by atoms with Gasteiger partial charge in [0, 0.05) is 90.9 Å². The Morgan fingerprint density at radius 3 is 2.34 bits per heavy atom. The fourth-order valence-corrected chi connectivity index (χ4v) is 22.1. The van der Waals surface area contributed by atoms with Crippen LogP contribution in [0.2, 0.25) is 0 Å². The molecule has 10 aliphatic rings. The van der Waals surface area contributed by atoms with E-state index in [4.69, 9.17) is 9.47 Å². The van der Waals surface area contributed by atoms with E-state index in [2.05, 4.69) is 97.3 Å². The summed E-state index contributed by atoms with van der Waals surface area (Å²) >= 11 is 0. The number of aromatic amines is 2. The Hall–Kier alpha value is -3.84. The van der Waals surface area contributed by atoms with Gasteiger partial charge in [0.05, 0.1) is 34.8 Å². The zero-order chi connectivity index (χ0) is 55.7. The molecule has 6 N–H and O–H groups in total. The Morgan fingerprint density at radius 2 is 1.62 bits per heavy atom. The molecule has 5 saturated carbocycles. The smallest absolute Gasteiger partial charge is 0.160 e. The molecule has 0 amide bonds. The zero-order valence-electron chi connectivity index (χ0n) is 49.6. The maximum Gasteiger partial charge on any atom is 0.160 e. The average molecular weight is 1090 g/mol. The molecule has 0 unspecified atom stereocenters.